The van der Waals surface area contributed by atoms with Crippen molar-refractivity contribution in [3.63, 3.8) is 0 Å². The number of aryl methyl sites for hydroxylation is 1. The minimum atomic E-state index is -3.93. The molecule has 0 unspecified atom stereocenters. The second-order valence-electron chi connectivity index (χ2n) is 12.6. The normalized spacial score (nSPS) is 18.2. The van der Waals surface area contributed by atoms with Crippen LogP contribution in [-0.2, 0) is 30.8 Å². The molecule has 0 bridgehead atoms. The van der Waals surface area contributed by atoms with Crippen molar-refractivity contribution in [2.75, 3.05) is 13.2 Å². The predicted octanol–water partition coefficient (Wildman–Crippen LogP) is 7.55. The second kappa shape index (κ2) is 14.3. The number of hydrogen-bond acceptors (Lipinski definition) is 5. The molecule has 0 saturated carbocycles. The first-order valence-electron chi connectivity index (χ1n) is 15.0. The van der Waals surface area contributed by atoms with Crippen LogP contribution in [0.5, 0.6) is 0 Å². The fourth-order valence-electron chi connectivity index (χ4n) is 5.72. The molecule has 6 nitrogen and oxygen atoms in total. The van der Waals surface area contributed by atoms with Crippen molar-refractivity contribution in [2.24, 2.45) is 11.3 Å². The summed E-state index contributed by atoms with van der Waals surface area (Å²) in [5, 5.41) is 0.559. The molecule has 0 N–H and O–H groups in total. The molecule has 0 fully saturated rings. The van der Waals surface area contributed by atoms with E-state index in [9.17, 15) is 18.0 Å². The van der Waals surface area contributed by atoms with Gasteiger partial charge in [0, 0.05) is 29.8 Å². The van der Waals surface area contributed by atoms with E-state index < -0.39 is 27.5 Å². The van der Waals surface area contributed by atoms with Crippen molar-refractivity contribution in [1.82, 2.24) is 4.31 Å². The van der Waals surface area contributed by atoms with Crippen LogP contribution in [-0.4, -0.2) is 43.5 Å². The van der Waals surface area contributed by atoms with Gasteiger partial charge >= 0.3 is 0 Å². The van der Waals surface area contributed by atoms with E-state index in [2.05, 4.69) is 0 Å². The Balaban J connectivity index is 1.53. The Morgan fingerprint density at radius 3 is 2.20 bits per heavy atom. The van der Waals surface area contributed by atoms with Gasteiger partial charge in [-0.15, -0.1) is 0 Å². The standard InChI is InChI=1S/C36H42ClNO5S/c1-25-11-9-10-14-33(25)44(41,42)38-34(36(3,4)5)23-30(35(38)28-15-17-31(37)18-16-28)24-43-20-19-32(40)22-29(26(2)39)21-27-12-7-6-8-13-27/h6-18,23,29,34-35H,19-22,24H2,1-5H3/t29-,34+,35+/m1/s1. The largest absolute Gasteiger partial charge is 0.377 e. The van der Waals surface area contributed by atoms with Gasteiger partial charge < -0.3 is 4.74 Å². The first-order valence-corrected chi connectivity index (χ1v) is 16.8. The molecule has 44 heavy (non-hydrogen) atoms. The monoisotopic (exact) mass is 635 g/mol. The van der Waals surface area contributed by atoms with E-state index in [0.29, 0.717) is 17.0 Å². The van der Waals surface area contributed by atoms with Crippen LogP contribution in [0, 0.1) is 18.3 Å². The lowest BCUT2D eigenvalue weighted by Gasteiger charge is -2.37. The van der Waals surface area contributed by atoms with E-state index >= 15 is 0 Å². The van der Waals surface area contributed by atoms with Crippen LogP contribution in [0.4, 0.5) is 0 Å². The molecule has 3 aromatic rings. The van der Waals surface area contributed by atoms with Crippen molar-refractivity contribution >= 4 is 33.2 Å². The fourth-order valence-corrected chi connectivity index (χ4v) is 8.00. The molecule has 1 aliphatic rings. The number of benzene rings is 3. The Bertz CT molecular complexity index is 1590. The number of nitrogens with zero attached hydrogens (tertiary/aromatic N) is 1. The Kier molecular flexibility index (Phi) is 11.0. The maximum Gasteiger partial charge on any atom is 0.244 e. The Hall–Kier alpha value is -3.10. The van der Waals surface area contributed by atoms with Crippen LogP contribution in [0.1, 0.15) is 63.3 Å². The zero-order valence-corrected chi connectivity index (χ0v) is 27.7. The summed E-state index contributed by atoms with van der Waals surface area (Å²) in [7, 11) is -3.93. The molecular formula is C36H42ClNO5S. The Morgan fingerprint density at radius 2 is 1.59 bits per heavy atom. The van der Waals surface area contributed by atoms with Gasteiger partial charge in [-0.25, -0.2) is 8.42 Å². The van der Waals surface area contributed by atoms with E-state index in [1.807, 2.05) is 75.4 Å². The number of halogens is 1. The van der Waals surface area contributed by atoms with Gasteiger partial charge in [0.05, 0.1) is 24.2 Å². The molecule has 3 aromatic carbocycles. The minimum Gasteiger partial charge on any atom is -0.377 e. The summed E-state index contributed by atoms with van der Waals surface area (Å²) in [5.41, 5.74) is 2.88. The van der Waals surface area contributed by atoms with Crippen LogP contribution in [0.3, 0.4) is 0 Å². The lowest BCUT2D eigenvalue weighted by atomic mass is 9.87. The van der Waals surface area contributed by atoms with Gasteiger partial charge in [-0.3, -0.25) is 9.59 Å². The van der Waals surface area contributed by atoms with Crippen molar-refractivity contribution in [2.45, 2.75) is 70.9 Å². The van der Waals surface area contributed by atoms with E-state index in [1.165, 1.54) is 6.92 Å². The van der Waals surface area contributed by atoms with Gasteiger partial charge in [0.2, 0.25) is 10.0 Å². The first kappa shape index (κ1) is 33.8. The van der Waals surface area contributed by atoms with Crippen LogP contribution in [0.2, 0.25) is 5.02 Å². The van der Waals surface area contributed by atoms with Gasteiger partial charge in [-0.2, -0.15) is 4.31 Å². The minimum absolute atomic E-state index is 0.00628. The number of sulfonamides is 1. The quantitative estimate of drug-likeness (QED) is 0.143. The number of carbonyl (C=O) groups excluding carboxylic acids is 2. The van der Waals surface area contributed by atoms with Crippen LogP contribution in [0.25, 0.3) is 0 Å². The topological polar surface area (TPSA) is 80.8 Å². The molecule has 234 valence electrons. The molecule has 0 spiro atoms. The fraction of sp³-hybridized carbons (Fsp3) is 0.389. The van der Waals surface area contributed by atoms with Crippen LogP contribution in [0.15, 0.2) is 95.4 Å². The van der Waals surface area contributed by atoms with Crippen molar-refractivity contribution < 1.29 is 22.7 Å². The highest BCUT2D eigenvalue weighted by Gasteiger charge is 2.48. The van der Waals surface area contributed by atoms with E-state index in [-0.39, 0.29) is 48.4 Å². The zero-order chi connectivity index (χ0) is 32.1. The molecular weight excluding hydrogens is 594 g/mol. The number of ketones is 2. The highest BCUT2D eigenvalue weighted by Crippen LogP contribution is 2.46. The number of carbonyl (C=O) groups is 2. The third-order valence-corrected chi connectivity index (χ3v) is 10.4. The maximum absolute atomic E-state index is 14.4. The third-order valence-electron chi connectivity index (χ3n) is 8.14. The zero-order valence-electron chi connectivity index (χ0n) is 26.1. The number of rotatable bonds is 13. The molecule has 0 aromatic heterocycles. The summed E-state index contributed by atoms with van der Waals surface area (Å²) >= 11 is 6.21. The van der Waals surface area contributed by atoms with E-state index in [1.54, 1.807) is 41.6 Å². The number of ether oxygens (including phenoxy) is 1. The number of hydrogen-bond donors (Lipinski definition) is 0. The van der Waals surface area contributed by atoms with Gasteiger partial charge in [0.25, 0.3) is 0 Å². The molecule has 8 heteroatoms. The van der Waals surface area contributed by atoms with E-state index in [0.717, 1.165) is 16.7 Å². The Morgan fingerprint density at radius 1 is 0.955 bits per heavy atom. The van der Waals surface area contributed by atoms with Crippen LogP contribution < -0.4 is 0 Å². The molecule has 4 rings (SSSR count). The third kappa shape index (κ3) is 8.13. The highest BCUT2D eigenvalue weighted by atomic mass is 35.5. The summed E-state index contributed by atoms with van der Waals surface area (Å²) in [6.45, 7) is 9.74. The smallest absolute Gasteiger partial charge is 0.244 e. The lowest BCUT2D eigenvalue weighted by molar-refractivity contribution is -0.127. The van der Waals surface area contributed by atoms with Gasteiger partial charge in [-0.1, -0.05) is 99.1 Å². The summed E-state index contributed by atoms with van der Waals surface area (Å²) < 4.78 is 36.4. The average Bonchev–Trinajstić information content (AvgIpc) is 3.37. The molecule has 0 saturated heterocycles. The maximum atomic E-state index is 14.4. The van der Waals surface area contributed by atoms with Gasteiger partial charge in [-0.05, 0) is 66.1 Å². The Labute approximate surface area is 267 Å². The molecule has 3 atom stereocenters. The summed E-state index contributed by atoms with van der Waals surface area (Å²) in [5.74, 6) is -0.412. The van der Waals surface area contributed by atoms with Crippen molar-refractivity contribution in [3.05, 3.63) is 112 Å². The molecule has 0 radical (unpaired) electrons. The predicted molar refractivity (Wildman–Crippen MR) is 175 cm³/mol. The molecule has 1 aliphatic heterocycles. The number of Topliss-reactive ketones (excluding diaryl/α,β-unsaturated/α-hetero) is 2. The van der Waals surface area contributed by atoms with Crippen molar-refractivity contribution in [1.29, 1.82) is 0 Å². The highest BCUT2D eigenvalue weighted by molar-refractivity contribution is 7.89. The summed E-state index contributed by atoms with van der Waals surface area (Å²) in [4.78, 5) is 25.4. The lowest BCUT2D eigenvalue weighted by Crippen LogP contribution is -2.45. The summed E-state index contributed by atoms with van der Waals surface area (Å²) in [6.07, 6.45) is 2.87. The second-order valence-corrected chi connectivity index (χ2v) is 14.9. The SMILES string of the molecule is CC(=O)[C@@H](CC(=O)CCOCC1=C[C@@H](C(C)(C)C)N(S(=O)(=O)c2ccccc2C)[C@H]1c1ccc(Cl)cc1)Cc1ccccc1. The average molecular weight is 636 g/mol. The first-order chi connectivity index (χ1) is 20.8. The molecule has 0 amide bonds. The van der Waals surface area contributed by atoms with E-state index in [4.69, 9.17) is 16.3 Å². The molecule has 0 aliphatic carbocycles. The van der Waals surface area contributed by atoms with Crippen LogP contribution >= 0.6 is 11.6 Å². The van der Waals surface area contributed by atoms with Gasteiger partial charge in [0.1, 0.15) is 11.6 Å². The van der Waals surface area contributed by atoms with Gasteiger partial charge in [0.15, 0.2) is 0 Å². The molecule has 1 heterocycles. The summed E-state index contributed by atoms with van der Waals surface area (Å²) in [6, 6.07) is 22.9. The van der Waals surface area contributed by atoms with Crippen molar-refractivity contribution in [3.8, 4) is 0 Å².